The summed E-state index contributed by atoms with van der Waals surface area (Å²) in [6.07, 6.45) is 1.19. The number of benzene rings is 2. The van der Waals surface area contributed by atoms with Gasteiger partial charge in [-0.3, -0.25) is 0 Å². The minimum absolute atomic E-state index is 0.285. The molecule has 0 aliphatic rings. The standard InChI is InChI=1S/C11H8N2O3S/c1-17(14,15)10-4-2-3-8-7(10)5-6-9-11(8)16-13-12-9/h2-6H,1H3. The van der Waals surface area contributed by atoms with E-state index in [0.717, 1.165) is 0 Å². The SMILES string of the molecule is CS(=O)(=O)c1cccc2c1ccc1nnoc12. The van der Waals surface area contributed by atoms with E-state index in [4.69, 9.17) is 4.52 Å². The lowest BCUT2D eigenvalue weighted by Crippen LogP contribution is -1.97. The number of hydrogen-bond acceptors (Lipinski definition) is 5. The fourth-order valence-electron chi connectivity index (χ4n) is 1.89. The number of hydrogen-bond donors (Lipinski definition) is 0. The van der Waals surface area contributed by atoms with Gasteiger partial charge in [0.15, 0.2) is 15.4 Å². The van der Waals surface area contributed by atoms with Gasteiger partial charge in [-0.1, -0.05) is 18.2 Å². The summed E-state index contributed by atoms with van der Waals surface area (Å²) in [4.78, 5) is 0.285. The van der Waals surface area contributed by atoms with Crippen molar-refractivity contribution in [3.8, 4) is 0 Å². The molecule has 0 saturated carbocycles. The summed E-state index contributed by atoms with van der Waals surface area (Å²) < 4.78 is 28.4. The van der Waals surface area contributed by atoms with E-state index < -0.39 is 9.84 Å². The third-order valence-electron chi connectivity index (χ3n) is 2.63. The summed E-state index contributed by atoms with van der Waals surface area (Å²) in [5.41, 5.74) is 1.12. The molecule has 86 valence electrons. The van der Waals surface area contributed by atoms with E-state index in [2.05, 4.69) is 10.4 Å². The lowest BCUT2D eigenvalue weighted by Gasteiger charge is -2.03. The van der Waals surface area contributed by atoms with Crippen molar-refractivity contribution in [1.82, 2.24) is 10.4 Å². The fourth-order valence-corrected chi connectivity index (χ4v) is 2.80. The van der Waals surface area contributed by atoms with Gasteiger partial charge >= 0.3 is 0 Å². The third kappa shape index (κ3) is 1.49. The van der Waals surface area contributed by atoms with Crippen LogP contribution in [0.1, 0.15) is 0 Å². The summed E-state index contributed by atoms with van der Waals surface area (Å²) in [6.45, 7) is 0. The van der Waals surface area contributed by atoms with Crippen LogP contribution in [0, 0.1) is 0 Å². The number of nitrogens with zero attached hydrogens (tertiary/aromatic N) is 2. The second kappa shape index (κ2) is 3.27. The predicted octanol–water partition coefficient (Wildman–Crippen LogP) is 1.78. The van der Waals surface area contributed by atoms with E-state index in [0.29, 0.717) is 21.9 Å². The number of sulfone groups is 1. The molecule has 3 aromatic rings. The zero-order valence-electron chi connectivity index (χ0n) is 8.91. The maximum Gasteiger partial charge on any atom is 0.195 e. The van der Waals surface area contributed by atoms with Crippen molar-refractivity contribution in [2.75, 3.05) is 6.26 Å². The zero-order chi connectivity index (χ0) is 12.0. The number of rotatable bonds is 1. The number of aromatic nitrogens is 2. The molecule has 3 rings (SSSR count). The van der Waals surface area contributed by atoms with Crippen LogP contribution in [-0.4, -0.2) is 25.0 Å². The van der Waals surface area contributed by atoms with Crippen LogP contribution in [0.3, 0.4) is 0 Å². The van der Waals surface area contributed by atoms with Crippen molar-refractivity contribution in [3.05, 3.63) is 30.3 Å². The van der Waals surface area contributed by atoms with Gasteiger partial charge in [0, 0.05) is 22.3 Å². The van der Waals surface area contributed by atoms with Crippen LogP contribution in [0.5, 0.6) is 0 Å². The van der Waals surface area contributed by atoms with Crippen molar-refractivity contribution >= 4 is 31.7 Å². The van der Waals surface area contributed by atoms with Crippen LogP contribution >= 0.6 is 0 Å². The summed E-state index contributed by atoms with van der Waals surface area (Å²) in [7, 11) is -3.26. The maximum absolute atomic E-state index is 11.7. The average Bonchev–Trinajstić information content (AvgIpc) is 2.75. The highest BCUT2D eigenvalue weighted by Crippen LogP contribution is 2.28. The Bertz CT molecular complexity index is 821. The molecule has 0 fully saturated rings. The molecular formula is C11H8N2O3S. The van der Waals surface area contributed by atoms with E-state index in [1.54, 1.807) is 30.3 Å². The van der Waals surface area contributed by atoms with Crippen LogP contribution in [0.15, 0.2) is 39.8 Å². The van der Waals surface area contributed by atoms with E-state index in [1.807, 2.05) is 0 Å². The second-order valence-corrected chi connectivity index (χ2v) is 5.79. The first-order chi connectivity index (χ1) is 8.07. The lowest BCUT2D eigenvalue weighted by molar-refractivity contribution is 0.426. The Labute approximate surface area is 96.9 Å². The lowest BCUT2D eigenvalue weighted by atomic mass is 10.1. The molecule has 17 heavy (non-hydrogen) atoms. The fraction of sp³-hybridized carbons (Fsp3) is 0.0909. The molecule has 0 unspecified atom stereocenters. The highest BCUT2D eigenvalue weighted by molar-refractivity contribution is 7.91. The van der Waals surface area contributed by atoms with Crippen molar-refractivity contribution in [2.45, 2.75) is 4.90 Å². The van der Waals surface area contributed by atoms with Gasteiger partial charge < -0.3 is 4.52 Å². The molecule has 0 aliphatic heterocycles. The molecule has 0 amide bonds. The van der Waals surface area contributed by atoms with E-state index in [9.17, 15) is 8.42 Å². The highest BCUT2D eigenvalue weighted by atomic mass is 32.2. The van der Waals surface area contributed by atoms with Crippen LogP contribution in [0.2, 0.25) is 0 Å². The van der Waals surface area contributed by atoms with Crippen LogP contribution in [-0.2, 0) is 9.84 Å². The molecule has 0 bridgehead atoms. The Hall–Kier alpha value is -1.95. The Balaban J connectivity index is 2.57. The molecule has 0 aliphatic carbocycles. The van der Waals surface area contributed by atoms with Gasteiger partial charge in [0.2, 0.25) is 0 Å². The zero-order valence-corrected chi connectivity index (χ0v) is 9.73. The van der Waals surface area contributed by atoms with Gasteiger partial charge in [-0.2, -0.15) is 0 Å². The molecule has 2 aromatic carbocycles. The Kier molecular flexibility index (Phi) is 1.97. The number of fused-ring (bicyclic) bond motifs is 3. The smallest absolute Gasteiger partial charge is 0.195 e. The first kappa shape index (κ1) is 10.2. The van der Waals surface area contributed by atoms with E-state index in [1.165, 1.54) is 6.26 Å². The summed E-state index contributed by atoms with van der Waals surface area (Å²) in [5, 5.41) is 8.59. The third-order valence-corrected chi connectivity index (χ3v) is 3.79. The molecule has 0 N–H and O–H groups in total. The second-order valence-electron chi connectivity index (χ2n) is 3.81. The molecule has 0 spiro atoms. The Morgan fingerprint density at radius 2 is 1.94 bits per heavy atom. The highest BCUT2D eigenvalue weighted by Gasteiger charge is 2.14. The van der Waals surface area contributed by atoms with Gasteiger partial charge in [0.05, 0.1) is 4.90 Å². The van der Waals surface area contributed by atoms with Gasteiger partial charge in [-0.15, -0.1) is 5.10 Å². The van der Waals surface area contributed by atoms with Gasteiger partial charge in [-0.05, 0) is 12.1 Å². The van der Waals surface area contributed by atoms with Crippen molar-refractivity contribution in [1.29, 1.82) is 0 Å². The minimum Gasteiger partial charge on any atom is -0.336 e. The van der Waals surface area contributed by atoms with Crippen molar-refractivity contribution in [2.24, 2.45) is 0 Å². The van der Waals surface area contributed by atoms with Crippen LogP contribution in [0.25, 0.3) is 21.9 Å². The van der Waals surface area contributed by atoms with E-state index in [-0.39, 0.29) is 4.90 Å². The molecule has 0 atom stereocenters. The predicted molar refractivity (Wildman–Crippen MR) is 62.4 cm³/mol. The largest absolute Gasteiger partial charge is 0.336 e. The Morgan fingerprint density at radius 3 is 2.71 bits per heavy atom. The molecule has 0 saturated heterocycles. The van der Waals surface area contributed by atoms with Crippen molar-refractivity contribution < 1.29 is 12.9 Å². The molecule has 1 heterocycles. The average molecular weight is 248 g/mol. The molecule has 1 aromatic heterocycles. The van der Waals surface area contributed by atoms with Gasteiger partial charge in [-0.25, -0.2) is 8.42 Å². The van der Waals surface area contributed by atoms with Crippen LogP contribution < -0.4 is 0 Å². The quantitative estimate of drug-likeness (QED) is 0.656. The normalized spacial score (nSPS) is 12.3. The Morgan fingerprint density at radius 1 is 1.12 bits per heavy atom. The molecule has 6 heteroatoms. The van der Waals surface area contributed by atoms with Gasteiger partial charge in [0.1, 0.15) is 5.52 Å². The summed E-state index contributed by atoms with van der Waals surface area (Å²) in [5.74, 6) is 0. The van der Waals surface area contributed by atoms with Gasteiger partial charge in [0.25, 0.3) is 0 Å². The molecule has 5 nitrogen and oxygen atoms in total. The first-order valence-corrected chi connectivity index (χ1v) is 6.80. The maximum atomic E-state index is 11.7. The monoisotopic (exact) mass is 248 g/mol. The minimum atomic E-state index is -3.26. The van der Waals surface area contributed by atoms with Crippen molar-refractivity contribution in [3.63, 3.8) is 0 Å². The summed E-state index contributed by atoms with van der Waals surface area (Å²) in [6, 6.07) is 8.47. The summed E-state index contributed by atoms with van der Waals surface area (Å²) >= 11 is 0. The molecule has 0 radical (unpaired) electrons. The first-order valence-electron chi connectivity index (χ1n) is 4.91. The molecular weight excluding hydrogens is 240 g/mol. The topological polar surface area (TPSA) is 73.1 Å². The van der Waals surface area contributed by atoms with E-state index >= 15 is 0 Å². The van der Waals surface area contributed by atoms with Crippen LogP contribution in [0.4, 0.5) is 0 Å².